The van der Waals surface area contributed by atoms with Gasteiger partial charge in [-0.1, -0.05) is 0 Å². The van der Waals surface area contributed by atoms with Gasteiger partial charge in [-0.3, -0.25) is 0 Å². The summed E-state index contributed by atoms with van der Waals surface area (Å²) in [6, 6.07) is 6.05. The van der Waals surface area contributed by atoms with Crippen molar-refractivity contribution >= 4 is 11.0 Å². The number of benzene rings is 1. The molecule has 2 aromatic rings. The molecule has 20 heavy (non-hydrogen) atoms. The molecule has 110 valence electrons. The SMILES string of the molecule is CC(C)(C)NCCC(C)(O)c1cc2cc(F)ccc2o1. The molecule has 0 amide bonds. The number of halogens is 1. The van der Waals surface area contributed by atoms with Gasteiger partial charge in [0.05, 0.1) is 0 Å². The maximum atomic E-state index is 13.2. The fourth-order valence-electron chi connectivity index (χ4n) is 2.08. The van der Waals surface area contributed by atoms with Crippen molar-refractivity contribution in [2.24, 2.45) is 0 Å². The number of hydrogen-bond donors (Lipinski definition) is 2. The summed E-state index contributed by atoms with van der Waals surface area (Å²) in [4.78, 5) is 0. The van der Waals surface area contributed by atoms with Crippen LogP contribution in [0.4, 0.5) is 4.39 Å². The van der Waals surface area contributed by atoms with Gasteiger partial charge in [0.1, 0.15) is 22.8 Å². The Balaban J connectivity index is 2.14. The van der Waals surface area contributed by atoms with Gasteiger partial charge in [0.25, 0.3) is 0 Å². The molecule has 0 aliphatic rings. The molecule has 0 fully saturated rings. The van der Waals surface area contributed by atoms with E-state index in [1.807, 2.05) is 0 Å². The Bertz CT molecular complexity index is 596. The van der Waals surface area contributed by atoms with Crippen LogP contribution in [0.1, 0.15) is 39.9 Å². The molecule has 0 aliphatic carbocycles. The molecule has 4 heteroatoms. The zero-order valence-electron chi connectivity index (χ0n) is 12.5. The average Bonchev–Trinajstić information content (AvgIpc) is 2.70. The van der Waals surface area contributed by atoms with Crippen molar-refractivity contribution in [1.29, 1.82) is 0 Å². The quantitative estimate of drug-likeness (QED) is 0.899. The number of rotatable bonds is 4. The normalized spacial score (nSPS) is 15.5. The molecule has 0 bridgehead atoms. The molecule has 3 nitrogen and oxygen atoms in total. The molecule has 0 spiro atoms. The van der Waals surface area contributed by atoms with E-state index in [4.69, 9.17) is 4.42 Å². The second-order valence-electron chi connectivity index (χ2n) is 6.49. The standard InChI is InChI=1S/C16H22FNO2/c1-15(2,3)18-8-7-16(4,19)14-10-11-9-12(17)5-6-13(11)20-14/h5-6,9-10,18-19H,7-8H2,1-4H3. The summed E-state index contributed by atoms with van der Waals surface area (Å²) in [6.07, 6.45) is 0.520. The molecule has 0 radical (unpaired) electrons. The van der Waals surface area contributed by atoms with Crippen LogP contribution in [0.15, 0.2) is 28.7 Å². The molecule has 1 atom stereocenters. The van der Waals surface area contributed by atoms with Crippen molar-refractivity contribution in [2.75, 3.05) is 6.54 Å². The van der Waals surface area contributed by atoms with Crippen molar-refractivity contribution in [3.8, 4) is 0 Å². The minimum absolute atomic E-state index is 0.00703. The molecular weight excluding hydrogens is 257 g/mol. The third-order valence-corrected chi connectivity index (χ3v) is 3.28. The lowest BCUT2D eigenvalue weighted by atomic mass is 9.98. The first-order valence-corrected chi connectivity index (χ1v) is 6.84. The third-order valence-electron chi connectivity index (χ3n) is 3.28. The lowest BCUT2D eigenvalue weighted by molar-refractivity contribution is 0.0258. The molecule has 2 N–H and O–H groups in total. The zero-order chi connectivity index (χ0) is 15.0. The van der Waals surface area contributed by atoms with Gasteiger partial charge in [0, 0.05) is 10.9 Å². The monoisotopic (exact) mass is 279 g/mol. The lowest BCUT2D eigenvalue weighted by Crippen LogP contribution is -2.39. The van der Waals surface area contributed by atoms with Crippen molar-refractivity contribution in [3.05, 3.63) is 35.8 Å². The van der Waals surface area contributed by atoms with Gasteiger partial charge >= 0.3 is 0 Å². The summed E-state index contributed by atoms with van der Waals surface area (Å²) in [6.45, 7) is 8.61. The van der Waals surface area contributed by atoms with Crippen molar-refractivity contribution < 1.29 is 13.9 Å². The molecule has 1 heterocycles. The molecule has 0 saturated carbocycles. The van der Waals surface area contributed by atoms with Crippen LogP contribution >= 0.6 is 0 Å². The van der Waals surface area contributed by atoms with E-state index < -0.39 is 5.60 Å². The van der Waals surface area contributed by atoms with Gasteiger partial charge in [-0.15, -0.1) is 0 Å². The lowest BCUT2D eigenvalue weighted by Gasteiger charge is -2.25. The molecule has 0 aliphatic heterocycles. The predicted molar refractivity (Wildman–Crippen MR) is 78.1 cm³/mol. The van der Waals surface area contributed by atoms with Crippen LogP contribution in [0, 0.1) is 5.82 Å². The second kappa shape index (κ2) is 5.19. The molecule has 0 saturated heterocycles. The van der Waals surface area contributed by atoms with E-state index in [1.165, 1.54) is 12.1 Å². The van der Waals surface area contributed by atoms with Crippen molar-refractivity contribution in [3.63, 3.8) is 0 Å². The average molecular weight is 279 g/mol. The van der Waals surface area contributed by atoms with Gasteiger partial charge in [-0.2, -0.15) is 0 Å². The van der Waals surface area contributed by atoms with Crippen LogP contribution in [-0.4, -0.2) is 17.2 Å². The second-order valence-corrected chi connectivity index (χ2v) is 6.49. The topological polar surface area (TPSA) is 45.4 Å². The van der Waals surface area contributed by atoms with Crippen LogP contribution in [-0.2, 0) is 5.60 Å². The first-order chi connectivity index (χ1) is 9.17. The molecule has 1 unspecified atom stereocenters. The molecule has 1 aromatic heterocycles. The van der Waals surface area contributed by atoms with Crippen LogP contribution in [0.2, 0.25) is 0 Å². The number of nitrogens with one attached hydrogen (secondary N) is 1. The summed E-state index contributed by atoms with van der Waals surface area (Å²) in [5.41, 5.74) is -0.480. The minimum atomic E-state index is -1.08. The highest BCUT2D eigenvalue weighted by atomic mass is 19.1. The Morgan fingerprint density at radius 3 is 2.55 bits per heavy atom. The Labute approximate surface area is 118 Å². The van der Waals surface area contributed by atoms with Crippen molar-refractivity contribution in [2.45, 2.75) is 45.3 Å². The van der Waals surface area contributed by atoms with E-state index >= 15 is 0 Å². The maximum Gasteiger partial charge on any atom is 0.136 e. The van der Waals surface area contributed by atoms with Crippen LogP contribution in [0.25, 0.3) is 11.0 Å². The Morgan fingerprint density at radius 2 is 1.90 bits per heavy atom. The van der Waals surface area contributed by atoms with Gasteiger partial charge in [0.15, 0.2) is 0 Å². The van der Waals surface area contributed by atoms with E-state index in [0.29, 0.717) is 29.7 Å². The highest BCUT2D eigenvalue weighted by molar-refractivity contribution is 5.78. The molecular formula is C16H22FNO2. The van der Waals surface area contributed by atoms with Gasteiger partial charge in [-0.25, -0.2) is 4.39 Å². The Kier molecular flexibility index (Phi) is 3.89. The van der Waals surface area contributed by atoms with Crippen LogP contribution in [0.5, 0.6) is 0 Å². The highest BCUT2D eigenvalue weighted by Gasteiger charge is 2.27. The van der Waals surface area contributed by atoms with E-state index in [2.05, 4.69) is 26.1 Å². The summed E-state index contributed by atoms with van der Waals surface area (Å²) in [5, 5.41) is 14.5. The maximum absolute atomic E-state index is 13.2. The number of furan rings is 1. The minimum Gasteiger partial charge on any atom is -0.458 e. The van der Waals surface area contributed by atoms with Gasteiger partial charge < -0.3 is 14.8 Å². The number of hydrogen-bond acceptors (Lipinski definition) is 3. The highest BCUT2D eigenvalue weighted by Crippen LogP contribution is 2.30. The molecule has 2 rings (SSSR count). The summed E-state index contributed by atoms with van der Waals surface area (Å²) < 4.78 is 18.8. The van der Waals surface area contributed by atoms with E-state index in [9.17, 15) is 9.50 Å². The van der Waals surface area contributed by atoms with Crippen molar-refractivity contribution in [1.82, 2.24) is 5.32 Å². The van der Waals surface area contributed by atoms with Gasteiger partial charge in [0.2, 0.25) is 0 Å². The fraction of sp³-hybridized carbons (Fsp3) is 0.500. The Morgan fingerprint density at radius 1 is 1.20 bits per heavy atom. The summed E-state index contributed by atoms with van der Waals surface area (Å²) in [5.74, 6) is 0.160. The van der Waals surface area contributed by atoms with Gasteiger partial charge in [-0.05, 0) is 64.9 Å². The smallest absolute Gasteiger partial charge is 0.136 e. The number of fused-ring (bicyclic) bond motifs is 1. The zero-order valence-corrected chi connectivity index (χ0v) is 12.5. The van der Waals surface area contributed by atoms with Crippen LogP contribution in [0.3, 0.4) is 0 Å². The number of aliphatic hydroxyl groups is 1. The summed E-state index contributed by atoms with van der Waals surface area (Å²) >= 11 is 0. The summed E-state index contributed by atoms with van der Waals surface area (Å²) in [7, 11) is 0. The first-order valence-electron chi connectivity index (χ1n) is 6.84. The van der Waals surface area contributed by atoms with E-state index in [0.717, 1.165) is 0 Å². The third kappa shape index (κ3) is 3.58. The fourth-order valence-corrected chi connectivity index (χ4v) is 2.08. The predicted octanol–water partition coefficient (Wildman–Crippen LogP) is 3.56. The Hall–Kier alpha value is -1.39. The van der Waals surface area contributed by atoms with Crippen LogP contribution < -0.4 is 5.32 Å². The largest absolute Gasteiger partial charge is 0.458 e. The van der Waals surface area contributed by atoms with E-state index in [1.54, 1.807) is 19.1 Å². The van der Waals surface area contributed by atoms with E-state index in [-0.39, 0.29) is 11.4 Å². The molecule has 1 aromatic carbocycles. The first kappa shape index (κ1) is 15.0.